The van der Waals surface area contributed by atoms with Gasteiger partial charge in [0.15, 0.2) is 0 Å². The molecule has 2 fully saturated rings. The van der Waals surface area contributed by atoms with Crippen LogP contribution in [0.15, 0.2) is 0 Å². The van der Waals surface area contributed by atoms with Gasteiger partial charge in [-0.1, -0.05) is 13.8 Å². The molecular weight excluding hydrogens is 226 g/mol. The van der Waals surface area contributed by atoms with Crippen molar-refractivity contribution in [3.05, 3.63) is 0 Å². The molecule has 2 heterocycles. The van der Waals surface area contributed by atoms with Gasteiger partial charge in [0.2, 0.25) is 0 Å². The molecule has 0 bridgehead atoms. The summed E-state index contributed by atoms with van der Waals surface area (Å²) < 4.78 is 11.6. The zero-order valence-corrected chi connectivity index (χ0v) is 12.0. The van der Waals surface area contributed by atoms with E-state index in [1.165, 1.54) is 25.7 Å². The van der Waals surface area contributed by atoms with Crippen molar-refractivity contribution in [1.82, 2.24) is 5.32 Å². The fourth-order valence-electron chi connectivity index (χ4n) is 3.52. The van der Waals surface area contributed by atoms with Crippen LogP contribution in [0.4, 0.5) is 0 Å². The Morgan fingerprint density at radius 3 is 2.78 bits per heavy atom. The molecule has 0 aromatic heterocycles. The van der Waals surface area contributed by atoms with Gasteiger partial charge in [0.25, 0.3) is 0 Å². The first kappa shape index (κ1) is 14.3. The Balaban J connectivity index is 1.98. The van der Waals surface area contributed by atoms with Gasteiger partial charge in [0, 0.05) is 25.2 Å². The van der Waals surface area contributed by atoms with E-state index in [-0.39, 0.29) is 0 Å². The predicted octanol–water partition coefficient (Wildman–Crippen LogP) is 2.60. The maximum absolute atomic E-state index is 5.89. The maximum Gasteiger partial charge on any atom is 0.0616 e. The number of ether oxygens (including phenoxy) is 2. The Morgan fingerprint density at radius 1 is 1.22 bits per heavy atom. The summed E-state index contributed by atoms with van der Waals surface area (Å²) in [6.07, 6.45) is 6.56. The zero-order valence-electron chi connectivity index (χ0n) is 12.0. The minimum absolute atomic E-state index is 0.460. The first-order chi connectivity index (χ1) is 8.86. The summed E-state index contributed by atoms with van der Waals surface area (Å²) in [6, 6.07) is 0.595. The highest BCUT2D eigenvalue weighted by Crippen LogP contribution is 2.32. The van der Waals surface area contributed by atoms with Crippen molar-refractivity contribution in [2.24, 2.45) is 11.8 Å². The van der Waals surface area contributed by atoms with Crippen molar-refractivity contribution in [3.8, 4) is 0 Å². The molecule has 0 spiro atoms. The van der Waals surface area contributed by atoms with E-state index in [2.05, 4.69) is 19.2 Å². The van der Waals surface area contributed by atoms with Gasteiger partial charge >= 0.3 is 0 Å². The number of hydrogen-bond donors (Lipinski definition) is 1. The summed E-state index contributed by atoms with van der Waals surface area (Å²) in [5.74, 6) is 1.37. The summed E-state index contributed by atoms with van der Waals surface area (Å²) in [5.41, 5.74) is 0. The third kappa shape index (κ3) is 3.46. The van der Waals surface area contributed by atoms with Crippen molar-refractivity contribution in [3.63, 3.8) is 0 Å². The van der Waals surface area contributed by atoms with E-state index in [0.29, 0.717) is 24.0 Å². The second-order valence-corrected chi connectivity index (χ2v) is 5.73. The van der Waals surface area contributed by atoms with E-state index in [1.807, 2.05) is 0 Å². The fourth-order valence-corrected chi connectivity index (χ4v) is 3.52. The lowest BCUT2D eigenvalue weighted by molar-refractivity contribution is 0.0131. The molecule has 0 aliphatic carbocycles. The molecule has 4 atom stereocenters. The van der Waals surface area contributed by atoms with Crippen LogP contribution in [0.2, 0.25) is 0 Å². The average Bonchev–Trinajstić information content (AvgIpc) is 2.89. The van der Waals surface area contributed by atoms with Crippen LogP contribution in [0.3, 0.4) is 0 Å². The van der Waals surface area contributed by atoms with Crippen LogP contribution in [0.25, 0.3) is 0 Å². The van der Waals surface area contributed by atoms with Crippen LogP contribution in [-0.4, -0.2) is 38.5 Å². The Morgan fingerprint density at radius 2 is 2.11 bits per heavy atom. The normalized spacial score (nSPS) is 34.7. The standard InChI is InChI=1S/C15H29NO2/c1-3-8-16-15(12-6-5-9-17-11-12)13-7-10-18-14(13)4-2/h12-16H,3-11H2,1-2H3. The fraction of sp³-hybridized carbons (Fsp3) is 1.00. The quantitative estimate of drug-likeness (QED) is 0.791. The van der Waals surface area contributed by atoms with Crippen LogP contribution in [0.5, 0.6) is 0 Å². The van der Waals surface area contributed by atoms with Gasteiger partial charge in [-0.2, -0.15) is 0 Å². The van der Waals surface area contributed by atoms with Gasteiger partial charge in [0.05, 0.1) is 12.7 Å². The Hall–Kier alpha value is -0.120. The van der Waals surface area contributed by atoms with Crippen LogP contribution in [-0.2, 0) is 9.47 Å². The largest absolute Gasteiger partial charge is 0.381 e. The molecule has 1 N–H and O–H groups in total. The van der Waals surface area contributed by atoms with Crippen LogP contribution in [0, 0.1) is 11.8 Å². The lowest BCUT2D eigenvalue weighted by Gasteiger charge is -2.36. The Labute approximate surface area is 112 Å². The lowest BCUT2D eigenvalue weighted by atomic mass is 9.80. The van der Waals surface area contributed by atoms with E-state index >= 15 is 0 Å². The predicted molar refractivity (Wildman–Crippen MR) is 73.8 cm³/mol. The number of rotatable bonds is 6. The summed E-state index contributed by atoms with van der Waals surface area (Å²) in [5, 5.41) is 3.79. The van der Waals surface area contributed by atoms with Crippen molar-refractivity contribution >= 4 is 0 Å². The molecule has 2 aliphatic heterocycles. The van der Waals surface area contributed by atoms with E-state index in [9.17, 15) is 0 Å². The molecule has 2 rings (SSSR count). The number of hydrogen-bond acceptors (Lipinski definition) is 3. The zero-order chi connectivity index (χ0) is 12.8. The van der Waals surface area contributed by atoms with Gasteiger partial charge in [-0.05, 0) is 44.6 Å². The van der Waals surface area contributed by atoms with Crippen molar-refractivity contribution in [1.29, 1.82) is 0 Å². The van der Waals surface area contributed by atoms with Gasteiger partial charge in [-0.3, -0.25) is 0 Å². The van der Waals surface area contributed by atoms with Crippen molar-refractivity contribution in [2.75, 3.05) is 26.4 Å². The van der Waals surface area contributed by atoms with E-state index in [0.717, 1.165) is 32.8 Å². The molecule has 0 saturated carbocycles. The highest BCUT2D eigenvalue weighted by molar-refractivity contribution is 4.90. The topological polar surface area (TPSA) is 30.5 Å². The molecular formula is C15H29NO2. The smallest absolute Gasteiger partial charge is 0.0616 e. The monoisotopic (exact) mass is 255 g/mol. The minimum Gasteiger partial charge on any atom is -0.381 e. The number of nitrogens with one attached hydrogen (secondary N) is 1. The molecule has 18 heavy (non-hydrogen) atoms. The van der Waals surface area contributed by atoms with Gasteiger partial charge in [-0.15, -0.1) is 0 Å². The molecule has 0 amide bonds. The molecule has 0 aromatic rings. The molecule has 3 nitrogen and oxygen atoms in total. The third-order valence-electron chi connectivity index (χ3n) is 4.46. The maximum atomic E-state index is 5.89. The average molecular weight is 255 g/mol. The van der Waals surface area contributed by atoms with Gasteiger partial charge in [-0.25, -0.2) is 0 Å². The molecule has 2 aliphatic rings. The second-order valence-electron chi connectivity index (χ2n) is 5.73. The highest BCUT2D eigenvalue weighted by atomic mass is 16.5. The van der Waals surface area contributed by atoms with Gasteiger partial charge in [0.1, 0.15) is 0 Å². The molecule has 4 unspecified atom stereocenters. The SMILES string of the molecule is CCCNC(C1CCCOC1)C1CCOC1CC. The van der Waals surface area contributed by atoms with Crippen LogP contribution < -0.4 is 5.32 Å². The molecule has 0 radical (unpaired) electrons. The Bertz CT molecular complexity index is 229. The van der Waals surface area contributed by atoms with E-state index < -0.39 is 0 Å². The summed E-state index contributed by atoms with van der Waals surface area (Å²) in [4.78, 5) is 0. The summed E-state index contributed by atoms with van der Waals surface area (Å²) >= 11 is 0. The van der Waals surface area contributed by atoms with Crippen molar-refractivity contribution < 1.29 is 9.47 Å². The second kappa shape index (κ2) is 7.46. The van der Waals surface area contributed by atoms with Crippen LogP contribution in [0.1, 0.15) is 46.0 Å². The summed E-state index contributed by atoms with van der Waals surface area (Å²) in [7, 11) is 0. The Kier molecular flexibility index (Phi) is 5.93. The third-order valence-corrected chi connectivity index (χ3v) is 4.46. The highest BCUT2D eigenvalue weighted by Gasteiger charge is 2.37. The molecule has 0 aromatic carbocycles. The van der Waals surface area contributed by atoms with Crippen LogP contribution >= 0.6 is 0 Å². The molecule has 3 heteroatoms. The first-order valence-corrected chi connectivity index (χ1v) is 7.79. The van der Waals surface area contributed by atoms with Gasteiger partial charge < -0.3 is 14.8 Å². The van der Waals surface area contributed by atoms with Crippen molar-refractivity contribution in [2.45, 2.75) is 58.1 Å². The molecule has 2 saturated heterocycles. The molecule has 106 valence electrons. The lowest BCUT2D eigenvalue weighted by Crippen LogP contribution is -2.48. The first-order valence-electron chi connectivity index (χ1n) is 7.79. The van der Waals surface area contributed by atoms with E-state index in [4.69, 9.17) is 9.47 Å². The minimum atomic E-state index is 0.460. The summed E-state index contributed by atoms with van der Waals surface area (Å²) in [6.45, 7) is 8.44. The van der Waals surface area contributed by atoms with E-state index in [1.54, 1.807) is 0 Å².